The van der Waals surface area contributed by atoms with E-state index in [0.29, 0.717) is 16.9 Å². The number of nitrogens with one attached hydrogen (secondary N) is 2. The number of aromatic amines is 1. The first-order valence-corrected chi connectivity index (χ1v) is 6.34. The first-order chi connectivity index (χ1) is 9.34. The number of para-hydroxylation sites is 1. The first-order valence-electron chi connectivity index (χ1n) is 5.52. The van der Waals surface area contributed by atoms with Crippen molar-refractivity contribution in [1.82, 2.24) is 30.0 Å². The summed E-state index contributed by atoms with van der Waals surface area (Å²) in [5, 5.41) is 22.0. The normalized spacial score (nSPS) is 11.4. The first kappa shape index (κ1) is 10.3. The summed E-state index contributed by atoms with van der Waals surface area (Å²) in [4.78, 5) is 5.15. The standard InChI is InChI=1S/C11H7N7S/c12-9-6(10-14-16-17-15-10)5-13-11-18(9)7-3-1-2-4-8(7)19-11/h1-5,12H,(H,14,15,16,17). The smallest absolute Gasteiger partial charge is 0.209 e. The number of nitrogens with zero attached hydrogens (tertiary/aromatic N) is 5. The minimum Gasteiger partial charge on any atom is -0.283 e. The molecule has 0 saturated heterocycles. The summed E-state index contributed by atoms with van der Waals surface area (Å²) in [7, 11) is 0. The third-order valence-corrected chi connectivity index (χ3v) is 3.90. The zero-order chi connectivity index (χ0) is 12.8. The summed E-state index contributed by atoms with van der Waals surface area (Å²) in [5.41, 5.74) is 1.82. The van der Waals surface area contributed by atoms with Crippen LogP contribution in [0.2, 0.25) is 0 Å². The van der Waals surface area contributed by atoms with E-state index in [-0.39, 0.29) is 0 Å². The average Bonchev–Trinajstić information content (AvgIpc) is 3.05. The Labute approximate surface area is 110 Å². The van der Waals surface area contributed by atoms with Crippen molar-refractivity contribution >= 4 is 26.5 Å². The van der Waals surface area contributed by atoms with Crippen LogP contribution in [0.25, 0.3) is 26.6 Å². The molecule has 19 heavy (non-hydrogen) atoms. The molecule has 0 bridgehead atoms. The van der Waals surface area contributed by atoms with Gasteiger partial charge in [0.2, 0.25) is 5.82 Å². The van der Waals surface area contributed by atoms with E-state index >= 15 is 0 Å². The summed E-state index contributed by atoms with van der Waals surface area (Å²) in [6, 6.07) is 7.91. The van der Waals surface area contributed by atoms with E-state index in [2.05, 4.69) is 25.6 Å². The lowest BCUT2D eigenvalue weighted by atomic mass is 10.3. The number of benzene rings is 1. The van der Waals surface area contributed by atoms with Crippen LogP contribution in [0.4, 0.5) is 0 Å². The van der Waals surface area contributed by atoms with Gasteiger partial charge in [-0.05, 0) is 17.3 Å². The van der Waals surface area contributed by atoms with Gasteiger partial charge < -0.3 is 0 Å². The summed E-state index contributed by atoms with van der Waals surface area (Å²) in [6.07, 6.45) is 1.61. The molecule has 4 rings (SSSR count). The molecule has 92 valence electrons. The average molecular weight is 269 g/mol. The molecule has 0 aliphatic carbocycles. The van der Waals surface area contributed by atoms with Gasteiger partial charge in [-0.3, -0.25) is 9.81 Å². The molecule has 0 atom stereocenters. The molecule has 0 amide bonds. The number of rotatable bonds is 1. The lowest BCUT2D eigenvalue weighted by Crippen LogP contribution is -2.16. The zero-order valence-electron chi connectivity index (χ0n) is 9.53. The van der Waals surface area contributed by atoms with E-state index in [1.165, 1.54) is 0 Å². The quantitative estimate of drug-likeness (QED) is 0.543. The number of tetrazole rings is 1. The Morgan fingerprint density at radius 3 is 3.00 bits per heavy atom. The third-order valence-electron chi connectivity index (χ3n) is 2.87. The highest BCUT2D eigenvalue weighted by Gasteiger charge is 2.12. The Hall–Kier alpha value is -2.61. The molecule has 7 nitrogen and oxygen atoms in total. The summed E-state index contributed by atoms with van der Waals surface area (Å²) in [6.45, 7) is 0. The van der Waals surface area contributed by atoms with Crippen molar-refractivity contribution in [1.29, 1.82) is 5.41 Å². The molecule has 0 radical (unpaired) electrons. The van der Waals surface area contributed by atoms with E-state index in [4.69, 9.17) is 5.41 Å². The number of thiazole rings is 1. The molecule has 0 saturated carbocycles. The maximum atomic E-state index is 8.32. The number of hydrogen-bond donors (Lipinski definition) is 2. The number of H-pyrrole nitrogens is 1. The minimum absolute atomic E-state index is 0.309. The van der Waals surface area contributed by atoms with Crippen LogP contribution in [0.3, 0.4) is 0 Å². The van der Waals surface area contributed by atoms with Crippen LogP contribution in [0, 0.1) is 5.41 Å². The SMILES string of the molecule is N=c1c(-c2nn[nH]n2)cnc2sc3ccccc3n12. The van der Waals surface area contributed by atoms with Crippen LogP contribution in [-0.2, 0) is 0 Å². The fourth-order valence-corrected chi connectivity index (χ4v) is 3.01. The molecule has 4 aromatic rings. The molecule has 1 aromatic carbocycles. The van der Waals surface area contributed by atoms with Crippen molar-refractivity contribution in [2.45, 2.75) is 0 Å². The Balaban J connectivity index is 2.18. The van der Waals surface area contributed by atoms with Crippen molar-refractivity contribution in [2.24, 2.45) is 0 Å². The van der Waals surface area contributed by atoms with Gasteiger partial charge in [0.1, 0.15) is 5.49 Å². The lowest BCUT2D eigenvalue weighted by Gasteiger charge is -1.99. The molecule has 8 heteroatoms. The fourth-order valence-electron chi connectivity index (χ4n) is 2.02. The van der Waals surface area contributed by atoms with Crippen molar-refractivity contribution in [3.8, 4) is 11.4 Å². The monoisotopic (exact) mass is 269 g/mol. The Kier molecular flexibility index (Phi) is 2.00. The van der Waals surface area contributed by atoms with E-state index in [9.17, 15) is 0 Å². The van der Waals surface area contributed by atoms with Gasteiger partial charge >= 0.3 is 0 Å². The van der Waals surface area contributed by atoms with Gasteiger partial charge in [0.05, 0.1) is 15.8 Å². The van der Waals surface area contributed by atoms with Gasteiger partial charge in [0.25, 0.3) is 0 Å². The maximum absolute atomic E-state index is 8.32. The molecular weight excluding hydrogens is 262 g/mol. The van der Waals surface area contributed by atoms with Gasteiger partial charge in [0.15, 0.2) is 4.96 Å². The van der Waals surface area contributed by atoms with Crippen LogP contribution >= 0.6 is 11.3 Å². The molecule has 0 unspecified atom stereocenters. The highest BCUT2D eigenvalue weighted by Crippen LogP contribution is 2.23. The lowest BCUT2D eigenvalue weighted by molar-refractivity contribution is 0.881. The van der Waals surface area contributed by atoms with E-state index in [0.717, 1.165) is 15.2 Å². The Bertz CT molecular complexity index is 935. The third kappa shape index (κ3) is 1.40. The zero-order valence-corrected chi connectivity index (χ0v) is 10.3. The summed E-state index contributed by atoms with van der Waals surface area (Å²) in [5.74, 6) is 0.377. The van der Waals surface area contributed by atoms with Crippen molar-refractivity contribution < 1.29 is 0 Å². The Morgan fingerprint density at radius 2 is 2.16 bits per heavy atom. The molecule has 3 aromatic heterocycles. The predicted octanol–water partition coefficient (Wildman–Crippen LogP) is 1.21. The molecule has 0 aliphatic rings. The Morgan fingerprint density at radius 1 is 1.26 bits per heavy atom. The van der Waals surface area contributed by atoms with Crippen LogP contribution in [0.15, 0.2) is 30.5 Å². The fraction of sp³-hybridized carbons (Fsp3) is 0. The van der Waals surface area contributed by atoms with Gasteiger partial charge in [-0.1, -0.05) is 23.5 Å². The molecule has 2 N–H and O–H groups in total. The van der Waals surface area contributed by atoms with Crippen LogP contribution < -0.4 is 5.49 Å². The second kappa shape index (κ2) is 3.69. The van der Waals surface area contributed by atoms with Crippen molar-refractivity contribution in [3.63, 3.8) is 0 Å². The van der Waals surface area contributed by atoms with Crippen LogP contribution in [0.5, 0.6) is 0 Å². The summed E-state index contributed by atoms with van der Waals surface area (Å²) < 4.78 is 2.89. The van der Waals surface area contributed by atoms with Gasteiger partial charge in [-0.2, -0.15) is 5.21 Å². The predicted molar refractivity (Wildman–Crippen MR) is 69.6 cm³/mol. The minimum atomic E-state index is 0.309. The molecule has 0 spiro atoms. The largest absolute Gasteiger partial charge is 0.283 e. The number of aromatic nitrogens is 6. The van der Waals surface area contributed by atoms with Crippen LogP contribution in [-0.4, -0.2) is 30.0 Å². The highest BCUT2D eigenvalue weighted by atomic mass is 32.1. The van der Waals surface area contributed by atoms with Crippen molar-refractivity contribution in [3.05, 3.63) is 36.0 Å². The van der Waals surface area contributed by atoms with Gasteiger partial charge in [-0.25, -0.2) is 4.98 Å². The van der Waals surface area contributed by atoms with E-state index in [1.807, 2.05) is 24.3 Å². The van der Waals surface area contributed by atoms with Crippen molar-refractivity contribution in [2.75, 3.05) is 0 Å². The number of fused-ring (bicyclic) bond motifs is 3. The molecule has 3 heterocycles. The molecule has 0 fully saturated rings. The molecular formula is C11H7N7S. The molecule has 0 aliphatic heterocycles. The number of hydrogen-bond acceptors (Lipinski definition) is 6. The van der Waals surface area contributed by atoms with E-state index < -0.39 is 0 Å². The van der Waals surface area contributed by atoms with Gasteiger partial charge in [0, 0.05) is 6.20 Å². The summed E-state index contributed by atoms with van der Waals surface area (Å²) >= 11 is 1.55. The van der Waals surface area contributed by atoms with Crippen LogP contribution in [0.1, 0.15) is 0 Å². The van der Waals surface area contributed by atoms with Gasteiger partial charge in [-0.15, -0.1) is 10.2 Å². The second-order valence-electron chi connectivity index (χ2n) is 3.94. The van der Waals surface area contributed by atoms with E-state index in [1.54, 1.807) is 21.9 Å². The highest BCUT2D eigenvalue weighted by molar-refractivity contribution is 7.23. The maximum Gasteiger partial charge on any atom is 0.209 e. The topological polar surface area (TPSA) is 95.6 Å². The second-order valence-corrected chi connectivity index (χ2v) is 4.95.